The Hall–Kier alpha value is 0.620. The van der Waals surface area contributed by atoms with Gasteiger partial charge in [0.2, 0.25) is 0 Å². The molecule has 1 atom stereocenters. The van der Waals surface area contributed by atoms with Crippen LogP contribution in [-0.2, 0) is 0 Å². The highest BCUT2D eigenvalue weighted by Crippen LogP contribution is 2.39. The zero-order valence-corrected chi connectivity index (χ0v) is 9.12. The van der Waals surface area contributed by atoms with E-state index in [1.165, 1.54) is 0 Å². The predicted octanol–water partition coefficient (Wildman–Crippen LogP) is 1.17. The van der Waals surface area contributed by atoms with Crippen molar-refractivity contribution in [1.29, 1.82) is 0 Å². The van der Waals surface area contributed by atoms with Crippen LogP contribution in [0.2, 0.25) is 0 Å². The molecule has 0 spiro atoms. The molecule has 12 heavy (non-hydrogen) atoms. The second-order valence-corrected chi connectivity index (χ2v) is 6.50. The normalized spacial score (nSPS) is 23.0. The van der Waals surface area contributed by atoms with Gasteiger partial charge in [0.1, 0.15) is 0 Å². The average molecular weight is 208 g/mol. The SMILES string of the molecule is CC(C)(CO)[C@@H](O)C1SCCS1. The van der Waals surface area contributed by atoms with Crippen molar-refractivity contribution in [3.05, 3.63) is 0 Å². The summed E-state index contributed by atoms with van der Waals surface area (Å²) >= 11 is 3.59. The summed E-state index contributed by atoms with van der Waals surface area (Å²) in [5.41, 5.74) is -0.366. The van der Waals surface area contributed by atoms with Gasteiger partial charge in [-0.05, 0) is 0 Å². The standard InChI is InChI=1S/C8H16O2S2/c1-8(2,5-9)6(10)7-11-3-4-12-7/h6-7,9-10H,3-5H2,1-2H3/t6-/m0/s1. The summed E-state index contributed by atoms with van der Waals surface area (Å²) in [4.78, 5) is 0. The van der Waals surface area contributed by atoms with Crippen LogP contribution in [0, 0.1) is 5.41 Å². The topological polar surface area (TPSA) is 40.5 Å². The maximum Gasteiger partial charge on any atom is 0.0822 e. The molecule has 72 valence electrons. The molecule has 1 aliphatic rings. The summed E-state index contributed by atoms with van der Waals surface area (Å²) in [6.07, 6.45) is -0.403. The molecule has 0 aromatic rings. The Bertz CT molecular complexity index is 144. The highest BCUT2D eigenvalue weighted by molar-refractivity contribution is 8.20. The molecule has 0 saturated carbocycles. The van der Waals surface area contributed by atoms with E-state index in [0.29, 0.717) is 0 Å². The van der Waals surface area contributed by atoms with Crippen molar-refractivity contribution in [1.82, 2.24) is 0 Å². The van der Waals surface area contributed by atoms with Crippen LogP contribution in [0.5, 0.6) is 0 Å². The lowest BCUT2D eigenvalue weighted by atomic mass is 9.88. The van der Waals surface area contributed by atoms with Gasteiger partial charge in [-0.1, -0.05) is 13.8 Å². The summed E-state index contributed by atoms with van der Waals surface area (Å²) in [6.45, 7) is 3.85. The number of hydrogen-bond acceptors (Lipinski definition) is 4. The summed E-state index contributed by atoms with van der Waals surface area (Å²) in [7, 11) is 0. The molecule has 1 fully saturated rings. The quantitative estimate of drug-likeness (QED) is 0.730. The van der Waals surface area contributed by atoms with Crippen LogP contribution in [0.3, 0.4) is 0 Å². The van der Waals surface area contributed by atoms with Gasteiger partial charge < -0.3 is 10.2 Å². The fraction of sp³-hybridized carbons (Fsp3) is 1.00. The van der Waals surface area contributed by atoms with Gasteiger partial charge in [-0.3, -0.25) is 0 Å². The van der Waals surface area contributed by atoms with Gasteiger partial charge in [0, 0.05) is 16.9 Å². The van der Waals surface area contributed by atoms with Crippen LogP contribution < -0.4 is 0 Å². The number of aliphatic hydroxyl groups excluding tert-OH is 2. The molecule has 0 radical (unpaired) electrons. The van der Waals surface area contributed by atoms with Crippen molar-refractivity contribution < 1.29 is 10.2 Å². The third kappa shape index (κ3) is 2.31. The van der Waals surface area contributed by atoms with Crippen LogP contribution in [0.4, 0.5) is 0 Å². The van der Waals surface area contributed by atoms with E-state index in [0.717, 1.165) is 11.5 Å². The molecule has 1 rings (SSSR count). The van der Waals surface area contributed by atoms with Crippen LogP contribution >= 0.6 is 23.5 Å². The van der Waals surface area contributed by atoms with Gasteiger partial charge in [-0.2, -0.15) is 0 Å². The van der Waals surface area contributed by atoms with E-state index >= 15 is 0 Å². The highest BCUT2D eigenvalue weighted by atomic mass is 32.2. The highest BCUT2D eigenvalue weighted by Gasteiger charge is 2.36. The van der Waals surface area contributed by atoms with Crippen molar-refractivity contribution >= 4 is 23.5 Å². The minimum Gasteiger partial charge on any atom is -0.396 e. The molecule has 2 N–H and O–H groups in total. The van der Waals surface area contributed by atoms with Gasteiger partial charge in [0.15, 0.2) is 0 Å². The molecule has 0 amide bonds. The summed E-state index contributed by atoms with van der Waals surface area (Å²) in [5.74, 6) is 2.24. The van der Waals surface area contributed by atoms with Crippen molar-refractivity contribution in [2.24, 2.45) is 5.41 Å². The van der Waals surface area contributed by atoms with E-state index in [9.17, 15) is 5.11 Å². The minimum atomic E-state index is -0.403. The molecule has 1 heterocycles. The lowest BCUT2D eigenvalue weighted by Gasteiger charge is -2.31. The van der Waals surface area contributed by atoms with Crippen LogP contribution in [0.25, 0.3) is 0 Å². The largest absolute Gasteiger partial charge is 0.396 e. The molecular weight excluding hydrogens is 192 g/mol. The Morgan fingerprint density at radius 2 is 1.92 bits per heavy atom. The molecule has 0 bridgehead atoms. The van der Waals surface area contributed by atoms with Crippen LogP contribution in [0.1, 0.15) is 13.8 Å². The third-order valence-corrected chi connectivity index (χ3v) is 5.24. The minimum absolute atomic E-state index is 0.0474. The Labute approximate surface area is 82.1 Å². The first-order chi connectivity index (χ1) is 5.58. The van der Waals surface area contributed by atoms with E-state index in [4.69, 9.17) is 5.11 Å². The lowest BCUT2D eigenvalue weighted by molar-refractivity contribution is 0.0188. The van der Waals surface area contributed by atoms with Gasteiger partial charge >= 0.3 is 0 Å². The van der Waals surface area contributed by atoms with Gasteiger partial charge in [0.05, 0.1) is 17.3 Å². The van der Waals surface area contributed by atoms with Gasteiger partial charge in [0.25, 0.3) is 0 Å². The molecule has 2 nitrogen and oxygen atoms in total. The second-order valence-electron chi connectivity index (χ2n) is 3.70. The molecule has 0 aliphatic carbocycles. The zero-order chi connectivity index (χ0) is 9.19. The second kappa shape index (κ2) is 4.22. The Morgan fingerprint density at radius 1 is 1.42 bits per heavy atom. The third-order valence-electron chi connectivity index (χ3n) is 2.11. The summed E-state index contributed by atoms with van der Waals surface area (Å²) in [6, 6.07) is 0. The molecule has 1 saturated heterocycles. The van der Waals surface area contributed by atoms with Crippen molar-refractivity contribution in [2.75, 3.05) is 18.1 Å². The van der Waals surface area contributed by atoms with E-state index < -0.39 is 6.10 Å². The molecule has 4 heteroatoms. The van der Waals surface area contributed by atoms with Gasteiger partial charge in [-0.25, -0.2) is 0 Å². The fourth-order valence-corrected chi connectivity index (χ4v) is 4.32. The molecule has 1 aliphatic heterocycles. The Morgan fingerprint density at radius 3 is 2.33 bits per heavy atom. The first-order valence-corrected chi connectivity index (χ1v) is 6.20. The molecular formula is C8H16O2S2. The summed E-state index contributed by atoms with van der Waals surface area (Å²) in [5, 5.41) is 18.9. The average Bonchev–Trinajstić information content (AvgIpc) is 2.55. The fourth-order valence-electron chi connectivity index (χ4n) is 1.02. The van der Waals surface area contributed by atoms with Crippen LogP contribution in [-0.4, -0.2) is 39.0 Å². The van der Waals surface area contributed by atoms with Crippen molar-refractivity contribution in [2.45, 2.75) is 24.5 Å². The monoisotopic (exact) mass is 208 g/mol. The first kappa shape index (κ1) is 10.7. The van der Waals surface area contributed by atoms with E-state index in [2.05, 4.69) is 0 Å². The number of aliphatic hydroxyl groups is 2. The summed E-state index contributed by atoms with van der Waals surface area (Å²) < 4.78 is 0.257. The van der Waals surface area contributed by atoms with Gasteiger partial charge in [-0.15, -0.1) is 23.5 Å². The predicted molar refractivity (Wildman–Crippen MR) is 55.6 cm³/mol. The molecule has 0 unspecified atom stereocenters. The Kier molecular flexibility index (Phi) is 3.76. The first-order valence-electron chi connectivity index (χ1n) is 4.10. The zero-order valence-electron chi connectivity index (χ0n) is 7.49. The maximum absolute atomic E-state index is 9.88. The lowest BCUT2D eigenvalue weighted by Crippen LogP contribution is -2.38. The molecule has 0 aromatic heterocycles. The maximum atomic E-state index is 9.88. The molecule has 0 aromatic carbocycles. The van der Waals surface area contributed by atoms with Crippen LogP contribution in [0.15, 0.2) is 0 Å². The smallest absolute Gasteiger partial charge is 0.0822 e. The van der Waals surface area contributed by atoms with E-state index in [-0.39, 0.29) is 16.6 Å². The number of thioether (sulfide) groups is 2. The number of rotatable bonds is 3. The van der Waals surface area contributed by atoms with Crippen molar-refractivity contribution in [3.63, 3.8) is 0 Å². The van der Waals surface area contributed by atoms with E-state index in [1.807, 2.05) is 13.8 Å². The Balaban J connectivity index is 2.50. The van der Waals surface area contributed by atoms with Crippen molar-refractivity contribution in [3.8, 4) is 0 Å². The van der Waals surface area contributed by atoms with E-state index in [1.54, 1.807) is 23.5 Å². The number of hydrogen-bond donors (Lipinski definition) is 2.